The number of carbonyl (C=O) groups excluding carboxylic acids is 2. The number of hydrogen-bond donors (Lipinski definition) is 1. The van der Waals surface area contributed by atoms with Crippen LogP contribution in [0, 0.1) is 11.6 Å². The van der Waals surface area contributed by atoms with Crippen molar-refractivity contribution in [1.82, 2.24) is 8.75 Å². The van der Waals surface area contributed by atoms with Gasteiger partial charge in [-0.3, -0.25) is 4.79 Å². The minimum Gasteiger partial charge on any atom is -0.494 e. The standard InChI is InChI=1S/C24H17FN2O4S.C8H7FO2/c1-30-21-10-7-14(12-18(21)25)11-17-22(15-8-9-19-20(13-15)27-32-26-19)23(28)31-24(17,29)16-5-3-2-4-6-16;1-11-8-3-2-6(5-10)4-7(8)9/h2-10,12-13,29H,11H2,1H3;2-5H,1H3. The number of aromatic nitrogens is 2. The molecule has 2 heterocycles. The first-order valence-corrected chi connectivity index (χ1v) is 13.6. The summed E-state index contributed by atoms with van der Waals surface area (Å²) in [6, 6.07) is 22.5. The highest BCUT2D eigenvalue weighted by molar-refractivity contribution is 7.00. The number of benzene rings is 4. The molecule has 0 spiro atoms. The van der Waals surface area contributed by atoms with Gasteiger partial charge in [-0.15, -0.1) is 0 Å². The highest BCUT2D eigenvalue weighted by Gasteiger charge is 2.48. The Hall–Kier alpha value is -5.00. The van der Waals surface area contributed by atoms with E-state index in [1.54, 1.807) is 54.6 Å². The Kier molecular flexibility index (Phi) is 8.56. The van der Waals surface area contributed by atoms with Crippen LogP contribution in [-0.4, -0.2) is 40.3 Å². The molecule has 0 fully saturated rings. The Morgan fingerprint density at radius 3 is 2.21 bits per heavy atom. The lowest BCUT2D eigenvalue weighted by molar-refractivity contribution is -0.185. The van der Waals surface area contributed by atoms with Crippen LogP contribution in [-0.2, 0) is 21.7 Å². The van der Waals surface area contributed by atoms with Crippen molar-refractivity contribution in [2.24, 2.45) is 0 Å². The number of rotatable bonds is 7. The van der Waals surface area contributed by atoms with Gasteiger partial charge in [0.05, 0.1) is 31.5 Å². The number of cyclic esters (lactones) is 1. The quantitative estimate of drug-likeness (QED) is 0.182. The van der Waals surface area contributed by atoms with E-state index in [9.17, 15) is 23.5 Å². The van der Waals surface area contributed by atoms with Crippen molar-refractivity contribution >= 4 is 40.6 Å². The van der Waals surface area contributed by atoms with Crippen molar-refractivity contribution in [2.75, 3.05) is 14.2 Å². The fourth-order valence-electron chi connectivity index (χ4n) is 4.65. The van der Waals surface area contributed by atoms with Gasteiger partial charge in [0.1, 0.15) is 17.3 Å². The van der Waals surface area contributed by atoms with Crippen molar-refractivity contribution in [3.05, 3.63) is 124 Å². The molecule has 8 nitrogen and oxygen atoms in total. The summed E-state index contributed by atoms with van der Waals surface area (Å²) >= 11 is 1.07. The predicted octanol–water partition coefficient (Wildman–Crippen LogP) is 5.88. The smallest absolute Gasteiger partial charge is 0.342 e. The van der Waals surface area contributed by atoms with Crippen molar-refractivity contribution in [2.45, 2.75) is 12.2 Å². The van der Waals surface area contributed by atoms with Crippen LogP contribution in [0.3, 0.4) is 0 Å². The molecule has 1 aliphatic heterocycles. The number of aliphatic hydroxyl groups is 1. The lowest BCUT2D eigenvalue weighted by Crippen LogP contribution is -2.29. The summed E-state index contributed by atoms with van der Waals surface area (Å²) in [4.78, 5) is 23.2. The Bertz CT molecular complexity index is 1840. The van der Waals surface area contributed by atoms with Crippen molar-refractivity contribution in [3.63, 3.8) is 0 Å². The van der Waals surface area contributed by atoms with Gasteiger partial charge in [0, 0.05) is 23.1 Å². The van der Waals surface area contributed by atoms with E-state index in [1.165, 1.54) is 38.5 Å². The van der Waals surface area contributed by atoms with Crippen molar-refractivity contribution < 1.29 is 37.7 Å². The Morgan fingerprint density at radius 1 is 0.884 bits per heavy atom. The number of hydrogen-bond acceptors (Lipinski definition) is 9. The largest absolute Gasteiger partial charge is 0.494 e. The SMILES string of the molecule is COc1ccc(C=O)cc1F.COc1ccc(CC2=C(c3ccc4nsnc4c3)C(=O)OC2(O)c2ccccc2)cc1F. The number of nitrogens with zero attached hydrogens (tertiary/aromatic N) is 2. The predicted molar refractivity (Wildman–Crippen MR) is 156 cm³/mol. The zero-order valence-corrected chi connectivity index (χ0v) is 23.7. The van der Waals surface area contributed by atoms with Crippen LogP contribution in [0.4, 0.5) is 8.78 Å². The zero-order chi connectivity index (χ0) is 30.6. The fraction of sp³-hybridized carbons (Fsp3) is 0.125. The fourth-order valence-corrected chi connectivity index (χ4v) is 5.17. The third-order valence-corrected chi connectivity index (χ3v) is 7.33. The Morgan fingerprint density at radius 2 is 1.56 bits per heavy atom. The molecule has 11 heteroatoms. The van der Waals surface area contributed by atoms with Crippen LogP contribution < -0.4 is 9.47 Å². The minimum absolute atomic E-state index is 0.0841. The summed E-state index contributed by atoms with van der Waals surface area (Å²) in [6.07, 6.45) is 0.670. The van der Waals surface area contributed by atoms with E-state index in [1.807, 2.05) is 0 Å². The molecular formula is C32H24F2N2O6S. The van der Waals surface area contributed by atoms with Crippen LogP contribution in [0.15, 0.2) is 90.5 Å². The first kappa shape index (κ1) is 29.5. The van der Waals surface area contributed by atoms with Gasteiger partial charge in [0.15, 0.2) is 23.1 Å². The lowest BCUT2D eigenvalue weighted by atomic mass is 9.88. The maximum atomic E-state index is 14.4. The molecule has 0 aliphatic carbocycles. The number of ether oxygens (including phenoxy) is 3. The van der Waals surface area contributed by atoms with Crippen molar-refractivity contribution in [3.8, 4) is 11.5 Å². The van der Waals surface area contributed by atoms with Crippen LogP contribution in [0.25, 0.3) is 16.6 Å². The number of methoxy groups -OCH3 is 2. The molecule has 0 radical (unpaired) electrons. The second-order valence-corrected chi connectivity index (χ2v) is 9.91. The minimum atomic E-state index is -1.99. The molecule has 5 aromatic rings. The molecule has 6 rings (SSSR count). The first-order chi connectivity index (χ1) is 20.8. The molecule has 0 saturated heterocycles. The Labute approximate surface area is 249 Å². The third-order valence-electron chi connectivity index (χ3n) is 6.77. The number of fused-ring (bicyclic) bond motifs is 1. The highest BCUT2D eigenvalue weighted by Crippen LogP contribution is 2.45. The molecule has 0 bridgehead atoms. The molecule has 1 aromatic heterocycles. The molecule has 1 N–H and O–H groups in total. The van der Waals surface area contributed by atoms with Gasteiger partial charge in [0.25, 0.3) is 5.79 Å². The van der Waals surface area contributed by atoms with E-state index in [2.05, 4.69) is 13.5 Å². The van der Waals surface area contributed by atoms with E-state index < -0.39 is 23.4 Å². The molecule has 0 saturated carbocycles. The van der Waals surface area contributed by atoms with E-state index in [0.717, 1.165) is 17.8 Å². The van der Waals surface area contributed by atoms with Gasteiger partial charge < -0.3 is 19.3 Å². The van der Waals surface area contributed by atoms with Gasteiger partial charge in [-0.2, -0.15) is 8.75 Å². The van der Waals surface area contributed by atoms with E-state index >= 15 is 0 Å². The number of halogens is 2. The second kappa shape index (κ2) is 12.5. The molecule has 1 aliphatic rings. The van der Waals surface area contributed by atoms with E-state index in [-0.39, 0.29) is 23.5 Å². The van der Waals surface area contributed by atoms with E-state index in [0.29, 0.717) is 45.1 Å². The van der Waals surface area contributed by atoms with Gasteiger partial charge in [-0.1, -0.05) is 42.5 Å². The Balaban J connectivity index is 0.000000283. The highest BCUT2D eigenvalue weighted by atomic mass is 32.1. The monoisotopic (exact) mass is 602 g/mol. The summed E-state index contributed by atoms with van der Waals surface area (Å²) in [5.41, 5.74) is 3.71. The molecule has 1 atom stereocenters. The van der Waals surface area contributed by atoms with Crippen LogP contribution >= 0.6 is 11.7 Å². The second-order valence-electron chi connectivity index (χ2n) is 9.38. The summed E-state index contributed by atoms with van der Waals surface area (Å²) in [7, 11) is 2.76. The van der Waals surface area contributed by atoms with Crippen LogP contribution in [0.2, 0.25) is 0 Å². The van der Waals surface area contributed by atoms with Crippen molar-refractivity contribution in [1.29, 1.82) is 0 Å². The molecule has 218 valence electrons. The third kappa shape index (κ3) is 5.99. The molecular weight excluding hydrogens is 578 g/mol. The topological polar surface area (TPSA) is 108 Å². The van der Waals surface area contributed by atoms with Crippen LogP contribution in [0.5, 0.6) is 11.5 Å². The molecule has 4 aromatic carbocycles. The van der Waals surface area contributed by atoms with Crippen LogP contribution in [0.1, 0.15) is 27.0 Å². The van der Waals surface area contributed by atoms with Gasteiger partial charge in [-0.05, 0) is 53.6 Å². The summed E-state index contributed by atoms with van der Waals surface area (Å²) in [5.74, 6) is -3.44. The van der Waals surface area contributed by atoms with Gasteiger partial charge in [0.2, 0.25) is 0 Å². The maximum absolute atomic E-state index is 14.4. The molecule has 43 heavy (non-hydrogen) atoms. The number of aldehydes is 1. The maximum Gasteiger partial charge on any atom is 0.342 e. The number of esters is 1. The van der Waals surface area contributed by atoms with Gasteiger partial charge in [-0.25, -0.2) is 13.6 Å². The summed E-state index contributed by atoms with van der Waals surface area (Å²) < 4.78 is 50.7. The van der Waals surface area contributed by atoms with Gasteiger partial charge >= 0.3 is 5.97 Å². The first-order valence-electron chi connectivity index (χ1n) is 12.9. The average molecular weight is 603 g/mol. The lowest BCUT2D eigenvalue weighted by Gasteiger charge is -2.25. The normalized spacial score (nSPS) is 16.0. The number of carbonyl (C=O) groups is 2. The molecule has 1 unspecified atom stereocenters. The summed E-state index contributed by atoms with van der Waals surface area (Å²) in [6.45, 7) is 0. The summed E-state index contributed by atoms with van der Waals surface area (Å²) in [5, 5.41) is 11.6. The van der Waals surface area contributed by atoms with E-state index in [4.69, 9.17) is 9.47 Å². The zero-order valence-electron chi connectivity index (χ0n) is 22.9. The average Bonchev–Trinajstić information content (AvgIpc) is 3.59. The molecule has 0 amide bonds.